The van der Waals surface area contributed by atoms with Crippen molar-refractivity contribution in [2.75, 3.05) is 19.0 Å². The highest BCUT2D eigenvalue weighted by Crippen LogP contribution is 2.20. The number of nitrogens with zero attached hydrogens (tertiary/aromatic N) is 1. The lowest BCUT2D eigenvalue weighted by Gasteiger charge is -2.20. The lowest BCUT2D eigenvalue weighted by Crippen LogP contribution is -2.38. The number of rotatable bonds is 10. The molecule has 0 saturated carbocycles. The molecule has 1 aromatic heterocycles. The number of hydrogen-bond donors (Lipinski definition) is 5. The Morgan fingerprint density at radius 3 is 2.41 bits per heavy atom. The van der Waals surface area contributed by atoms with Crippen LogP contribution in [-0.4, -0.2) is 41.1 Å². The Hall–Kier alpha value is -4.64. The van der Waals surface area contributed by atoms with Crippen LogP contribution in [-0.2, 0) is 20.9 Å². The lowest BCUT2D eigenvalue weighted by atomic mass is 10.1. The van der Waals surface area contributed by atoms with Crippen LogP contribution in [0.5, 0.6) is 5.75 Å². The number of amides is 1. The molecular formula is C26H31N5O6. The summed E-state index contributed by atoms with van der Waals surface area (Å²) < 4.78 is 12.1. The summed E-state index contributed by atoms with van der Waals surface area (Å²) in [5.74, 6) is -0.656. The van der Waals surface area contributed by atoms with E-state index in [-0.39, 0.29) is 19.0 Å². The second kappa shape index (κ2) is 14.0. The van der Waals surface area contributed by atoms with Gasteiger partial charge in [-0.2, -0.15) is 0 Å². The molecule has 3 aromatic rings. The third-order valence-corrected chi connectivity index (χ3v) is 4.86. The SMILES string of the molecule is CC(=O)O.CCOC(C(=O)NCc1ccc(C(=N)N)cc1)n1cccc(Nc2cccc(OC)c2)c1=O. The maximum Gasteiger partial charge on any atom is 0.300 e. The van der Waals surface area contributed by atoms with Gasteiger partial charge in [-0.15, -0.1) is 0 Å². The van der Waals surface area contributed by atoms with Crippen molar-refractivity contribution in [1.82, 2.24) is 9.88 Å². The van der Waals surface area contributed by atoms with Crippen molar-refractivity contribution < 1.29 is 24.2 Å². The van der Waals surface area contributed by atoms with Gasteiger partial charge in [-0.3, -0.25) is 24.4 Å². The number of hydrogen-bond acceptors (Lipinski definition) is 7. The number of ether oxygens (including phenoxy) is 2. The number of methoxy groups -OCH3 is 1. The Bertz CT molecular complexity index is 1270. The fourth-order valence-corrected chi connectivity index (χ4v) is 3.17. The fourth-order valence-electron chi connectivity index (χ4n) is 3.17. The minimum Gasteiger partial charge on any atom is -0.497 e. The molecule has 0 aliphatic carbocycles. The first-order valence-corrected chi connectivity index (χ1v) is 11.3. The van der Waals surface area contributed by atoms with E-state index in [1.54, 1.807) is 62.6 Å². The third kappa shape index (κ3) is 8.82. The number of amidine groups is 1. The van der Waals surface area contributed by atoms with Crippen LogP contribution in [0.2, 0.25) is 0 Å². The van der Waals surface area contributed by atoms with E-state index < -0.39 is 23.7 Å². The molecule has 0 aliphatic heterocycles. The molecule has 11 nitrogen and oxygen atoms in total. The minimum atomic E-state index is -1.13. The molecule has 3 rings (SSSR count). The summed E-state index contributed by atoms with van der Waals surface area (Å²) in [6.45, 7) is 3.31. The summed E-state index contributed by atoms with van der Waals surface area (Å²) in [7, 11) is 1.57. The van der Waals surface area contributed by atoms with Gasteiger partial charge in [0.05, 0.1) is 7.11 Å². The third-order valence-electron chi connectivity index (χ3n) is 4.86. The lowest BCUT2D eigenvalue weighted by molar-refractivity contribution is -0.139. The quantitative estimate of drug-likeness (QED) is 0.205. The zero-order valence-electron chi connectivity index (χ0n) is 20.9. The molecule has 1 heterocycles. The number of nitrogens with one attached hydrogen (secondary N) is 3. The van der Waals surface area contributed by atoms with Crippen molar-refractivity contribution in [3.63, 3.8) is 0 Å². The predicted octanol–water partition coefficient (Wildman–Crippen LogP) is 2.83. The van der Waals surface area contributed by atoms with Crippen LogP contribution in [0.15, 0.2) is 71.7 Å². The van der Waals surface area contributed by atoms with Crippen LogP contribution in [0.25, 0.3) is 0 Å². The summed E-state index contributed by atoms with van der Waals surface area (Å²) in [6, 6.07) is 17.5. The van der Waals surface area contributed by atoms with Gasteiger partial charge in [-0.05, 0) is 36.8 Å². The van der Waals surface area contributed by atoms with E-state index in [0.717, 1.165) is 12.5 Å². The molecule has 0 spiro atoms. The second-order valence-corrected chi connectivity index (χ2v) is 7.65. The minimum absolute atomic E-state index is 0.0243. The number of anilines is 2. The van der Waals surface area contributed by atoms with E-state index in [2.05, 4.69) is 10.6 Å². The smallest absolute Gasteiger partial charge is 0.300 e. The van der Waals surface area contributed by atoms with Gasteiger partial charge >= 0.3 is 0 Å². The zero-order valence-corrected chi connectivity index (χ0v) is 20.9. The number of carbonyl (C=O) groups is 2. The molecule has 11 heteroatoms. The van der Waals surface area contributed by atoms with Crippen LogP contribution in [0, 0.1) is 5.41 Å². The van der Waals surface area contributed by atoms with Gasteiger partial charge in [0.25, 0.3) is 17.4 Å². The summed E-state index contributed by atoms with van der Waals surface area (Å²) in [5.41, 5.74) is 7.46. The van der Waals surface area contributed by atoms with E-state index in [0.29, 0.717) is 22.7 Å². The summed E-state index contributed by atoms with van der Waals surface area (Å²) >= 11 is 0. The number of aliphatic carboxylic acids is 1. The molecule has 0 radical (unpaired) electrons. The molecule has 37 heavy (non-hydrogen) atoms. The topological polar surface area (TPSA) is 169 Å². The molecule has 1 amide bonds. The first kappa shape index (κ1) is 28.6. The number of carboxylic acids is 1. The summed E-state index contributed by atoms with van der Waals surface area (Å²) in [4.78, 5) is 35.0. The average molecular weight is 510 g/mol. The van der Waals surface area contributed by atoms with Gasteiger partial charge in [-0.1, -0.05) is 30.3 Å². The van der Waals surface area contributed by atoms with Gasteiger partial charge in [0, 0.05) is 43.6 Å². The van der Waals surface area contributed by atoms with E-state index in [9.17, 15) is 9.59 Å². The molecule has 0 bridgehead atoms. The van der Waals surface area contributed by atoms with Gasteiger partial charge in [-0.25, -0.2) is 0 Å². The number of nitrogen functional groups attached to an aromatic ring is 1. The van der Waals surface area contributed by atoms with E-state index in [4.69, 9.17) is 30.5 Å². The number of nitrogens with two attached hydrogens (primary N) is 1. The van der Waals surface area contributed by atoms with Crippen LogP contribution >= 0.6 is 0 Å². The Balaban J connectivity index is 0.00000112. The molecule has 0 fully saturated rings. The molecule has 2 aromatic carbocycles. The largest absolute Gasteiger partial charge is 0.497 e. The summed E-state index contributed by atoms with van der Waals surface area (Å²) in [6.07, 6.45) is 0.381. The van der Waals surface area contributed by atoms with Crippen molar-refractivity contribution in [3.8, 4) is 5.75 Å². The van der Waals surface area contributed by atoms with Gasteiger partial charge in [0.1, 0.15) is 17.3 Å². The highest BCUT2D eigenvalue weighted by molar-refractivity contribution is 5.94. The molecule has 1 unspecified atom stereocenters. The van der Waals surface area contributed by atoms with Gasteiger partial charge < -0.3 is 30.9 Å². The van der Waals surface area contributed by atoms with E-state index in [1.807, 2.05) is 12.1 Å². The molecule has 0 saturated heterocycles. The van der Waals surface area contributed by atoms with Crippen molar-refractivity contribution in [3.05, 3.63) is 88.3 Å². The molecule has 6 N–H and O–H groups in total. The van der Waals surface area contributed by atoms with Crippen molar-refractivity contribution in [2.24, 2.45) is 5.73 Å². The number of carboxylic acid groups (broad SMARTS) is 1. The first-order chi connectivity index (χ1) is 17.7. The van der Waals surface area contributed by atoms with Crippen molar-refractivity contribution in [2.45, 2.75) is 26.6 Å². The Labute approximate surface area is 214 Å². The Morgan fingerprint density at radius 1 is 1.14 bits per heavy atom. The van der Waals surface area contributed by atoms with Gasteiger partial charge in [0.2, 0.25) is 6.23 Å². The monoisotopic (exact) mass is 509 g/mol. The number of carbonyl (C=O) groups excluding carboxylic acids is 1. The van der Waals surface area contributed by atoms with E-state index >= 15 is 0 Å². The Morgan fingerprint density at radius 2 is 1.81 bits per heavy atom. The molecule has 0 aliphatic rings. The molecule has 1 atom stereocenters. The zero-order chi connectivity index (χ0) is 27.4. The summed E-state index contributed by atoms with van der Waals surface area (Å²) in [5, 5.41) is 20.7. The number of pyridine rings is 1. The fraction of sp³-hybridized carbons (Fsp3) is 0.231. The van der Waals surface area contributed by atoms with Crippen LogP contribution in [0.4, 0.5) is 11.4 Å². The maximum atomic E-state index is 13.1. The molecule has 196 valence electrons. The normalized spacial score (nSPS) is 10.9. The highest BCUT2D eigenvalue weighted by Gasteiger charge is 2.22. The number of benzene rings is 2. The first-order valence-electron chi connectivity index (χ1n) is 11.3. The predicted molar refractivity (Wildman–Crippen MR) is 140 cm³/mol. The standard InChI is InChI=1S/C24H27N5O4.C2H4O2/c1-3-33-24(22(30)27-15-16-9-11-17(12-10-16)21(25)26)29-13-5-8-20(23(29)31)28-18-6-4-7-19(14-18)32-2;1-2(3)4/h4-14,24,28H,3,15H2,1-2H3,(H3,25,26)(H,27,30);1H3,(H,3,4). The van der Waals surface area contributed by atoms with Crippen LogP contribution in [0.1, 0.15) is 31.2 Å². The van der Waals surface area contributed by atoms with Gasteiger partial charge in [0.15, 0.2) is 0 Å². The molecular weight excluding hydrogens is 478 g/mol. The number of aromatic nitrogens is 1. The Kier molecular flexibility index (Phi) is 10.9. The van der Waals surface area contributed by atoms with Crippen LogP contribution in [0.3, 0.4) is 0 Å². The van der Waals surface area contributed by atoms with Crippen molar-refractivity contribution >= 4 is 29.1 Å². The second-order valence-electron chi connectivity index (χ2n) is 7.65. The average Bonchev–Trinajstić information content (AvgIpc) is 2.87. The van der Waals surface area contributed by atoms with Crippen molar-refractivity contribution in [1.29, 1.82) is 5.41 Å². The van der Waals surface area contributed by atoms with E-state index in [1.165, 1.54) is 10.8 Å². The highest BCUT2D eigenvalue weighted by atomic mass is 16.5. The van der Waals surface area contributed by atoms with Crippen LogP contribution < -0.4 is 26.7 Å². The maximum absolute atomic E-state index is 13.1.